The van der Waals surface area contributed by atoms with Crippen LogP contribution in [0.15, 0.2) is 22.7 Å². The van der Waals surface area contributed by atoms with Crippen molar-refractivity contribution in [2.24, 2.45) is 5.41 Å². The summed E-state index contributed by atoms with van der Waals surface area (Å²) in [7, 11) is 0. The second kappa shape index (κ2) is 6.40. The smallest absolute Gasteiger partial charge is 0.251 e. The minimum absolute atomic E-state index is 0.0334. The fraction of sp³-hybridized carbons (Fsp3) is 0.533. The van der Waals surface area contributed by atoms with Crippen LogP contribution in [0.4, 0.5) is 0 Å². The fourth-order valence-corrected chi connectivity index (χ4v) is 3.82. The molecule has 0 radical (unpaired) electrons. The van der Waals surface area contributed by atoms with Crippen LogP contribution in [0.1, 0.15) is 41.6 Å². The highest BCUT2D eigenvalue weighted by Gasteiger charge is 2.33. The lowest BCUT2D eigenvalue weighted by Gasteiger charge is -2.26. The number of benzene rings is 1. The monoisotopic (exact) mass is 387 g/mol. The van der Waals surface area contributed by atoms with E-state index >= 15 is 0 Å². The number of amides is 1. The van der Waals surface area contributed by atoms with E-state index in [-0.39, 0.29) is 11.3 Å². The van der Waals surface area contributed by atoms with Crippen LogP contribution in [0, 0.1) is 12.3 Å². The van der Waals surface area contributed by atoms with Gasteiger partial charge in [0, 0.05) is 21.9 Å². The van der Waals surface area contributed by atoms with Gasteiger partial charge in [-0.15, -0.1) is 0 Å². The Morgan fingerprint density at radius 1 is 1.37 bits per heavy atom. The van der Waals surface area contributed by atoms with E-state index in [2.05, 4.69) is 37.2 Å². The van der Waals surface area contributed by atoms with Gasteiger partial charge in [-0.25, -0.2) is 0 Å². The summed E-state index contributed by atoms with van der Waals surface area (Å²) in [4.78, 5) is 12.3. The molecule has 0 unspecified atom stereocenters. The molecule has 0 heterocycles. The van der Waals surface area contributed by atoms with Crippen molar-refractivity contribution in [2.75, 3.05) is 11.9 Å². The lowest BCUT2D eigenvalue weighted by molar-refractivity contribution is 0.0935. The minimum Gasteiger partial charge on any atom is -0.351 e. The Balaban J connectivity index is 2.03. The van der Waals surface area contributed by atoms with Crippen molar-refractivity contribution >= 4 is 37.8 Å². The van der Waals surface area contributed by atoms with E-state index in [0.717, 1.165) is 27.5 Å². The summed E-state index contributed by atoms with van der Waals surface area (Å²) >= 11 is 7.08. The van der Waals surface area contributed by atoms with Gasteiger partial charge in [0.2, 0.25) is 0 Å². The van der Waals surface area contributed by atoms with Crippen molar-refractivity contribution in [1.82, 2.24) is 5.32 Å². The largest absolute Gasteiger partial charge is 0.351 e. The third-order valence-electron chi connectivity index (χ3n) is 4.08. The van der Waals surface area contributed by atoms with Gasteiger partial charge in [0.05, 0.1) is 0 Å². The number of hydrogen-bond acceptors (Lipinski definition) is 1. The first kappa shape index (κ1) is 15.0. The molecule has 2 rings (SSSR count). The Morgan fingerprint density at radius 3 is 2.68 bits per heavy atom. The van der Waals surface area contributed by atoms with E-state index < -0.39 is 0 Å². The van der Waals surface area contributed by atoms with Crippen LogP contribution in [-0.2, 0) is 0 Å². The lowest BCUT2D eigenvalue weighted by atomic mass is 9.88. The molecule has 104 valence electrons. The quantitative estimate of drug-likeness (QED) is 0.758. The van der Waals surface area contributed by atoms with Gasteiger partial charge >= 0.3 is 0 Å². The summed E-state index contributed by atoms with van der Waals surface area (Å²) in [6.07, 6.45) is 4.96. The molecule has 0 spiro atoms. The second-order valence-electron chi connectivity index (χ2n) is 5.44. The maximum atomic E-state index is 12.3. The highest BCUT2D eigenvalue weighted by atomic mass is 79.9. The second-order valence-corrected chi connectivity index (χ2v) is 6.85. The molecule has 1 saturated carbocycles. The SMILES string of the molecule is Cc1c(Br)cccc1C(=O)NCC1(CBr)CCCC1. The fourth-order valence-electron chi connectivity index (χ4n) is 2.70. The highest BCUT2D eigenvalue weighted by Crippen LogP contribution is 2.39. The normalized spacial score (nSPS) is 17.4. The van der Waals surface area contributed by atoms with Gasteiger partial charge in [0.15, 0.2) is 0 Å². The maximum Gasteiger partial charge on any atom is 0.251 e. The molecule has 1 N–H and O–H groups in total. The first-order valence-corrected chi connectivity index (χ1v) is 8.59. The summed E-state index contributed by atoms with van der Waals surface area (Å²) < 4.78 is 0.983. The molecule has 1 aliphatic rings. The molecule has 1 aromatic carbocycles. The zero-order valence-corrected chi connectivity index (χ0v) is 14.3. The van der Waals surface area contributed by atoms with Gasteiger partial charge in [-0.3, -0.25) is 4.79 Å². The first-order valence-electron chi connectivity index (χ1n) is 6.67. The van der Waals surface area contributed by atoms with Gasteiger partial charge in [-0.2, -0.15) is 0 Å². The molecule has 1 aromatic rings. The summed E-state index contributed by atoms with van der Waals surface area (Å²) in [6, 6.07) is 5.75. The van der Waals surface area contributed by atoms with E-state index in [1.165, 1.54) is 25.7 Å². The van der Waals surface area contributed by atoms with Crippen LogP contribution in [0.5, 0.6) is 0 Å². The Kier molecular flexibility index (Phi) is 5.07. The Hall–Kier alpha value is -0.350. The van der Waals surface area contributed by atoms with Crippen LogP contribution >= 0.6 is 31.9 Å². The lowest BCUT2D eigenvalue weighted by Crippen LogP contribution is -2.37. The Labute approximate surface area is 131 Å². The number of rotatable bonds is 4. The van der Waals surface area contributed by atoms with Gasteiger partial charge in [0.1, 0.15) is 0 Å². The Bertz CT molecular complexity index is 467. The minimum atomic E-state index is 0.0334. The molecule has 4 heteroatoms. The van der Waals surface area contributed by atoms with Gasteiger partial charge in [0.25, 0.3) is 5.91 Å². The number of halogens is 2. The van der Waals surface area contributed by atoms with E-state index in [0.29, 0.717) is 0 Å². The number of nitrogens with one attached hydrogen (secondary N) is 1. The third kappa shape index (κ3) is 3.40. The molecule has 0 saturated heterocycles. The first-order chi connectivity index (χ1) is 9.08. The molecule has 1 fully saturated rings. The predicted molar refractivity (Wildman–Crippen MR) is 85.9 cm³/mol. The van der Waals surface area contributed by atoms with E-state index in [9.17, 15) is 4.79 Å². The van der Waals surface area contributed by atoms with E-state index in [1.54, 1.807) is 0 Å². The molecular formula is C15H19Br2NO. The van der Waals surface area contributed by atoms with Crippen LogP contribution in [-0.4, -0.2) is 17.8 Å². The number of alkyl halides is 1. The molecule has 19 heavy (non-hydrogen) atoms. The molecular weight excluding hydrogens is 370 g/mol. The summed E-state index contributed by atoms with van der Waals surface area (Å²) in [5.74, 6) is 0.0334. The van der Waals surface area contributed by atoms with Crippen molar-refractivity contribution in [3.8, 4) is 0 Å². The summed E-state index contributed by atoms with van der Waals surface area (Å²) in [6.45, 7) is 2.73. The van der Waals surface area contributed by atoms with Crippen LogP contribution in [0.25, 0.3) is 0 Å². The molecule has 0 aliphatic heterocycles. The molecule has 2 nitrogen and oxygen atoms in total. The molecule has 1 amide bonds. The highest BCUT2D eigenvalue weighted by molar-refractivity contribution is 9.10. The predicted octanol–water partition coefficient (Wildman–Crippen LogP) is 4.44. The molecule has 0 bridgehead atoms. The zero-order chi connectivity index (χ0) is 13.9. The van der Waals surface area contributed by atoms with E-state index in [4.69, 9.17) is 0 Å². The van der Waals surface area contributed by atoms with E-state index in [1.807, 2.05) is 25.1 Å². The molecule has 0 atom stereocenters. The van der Waals surface area contributed by atoms with Gasteiger partial charge in [-0.05, 0) is 42.9 Å². The van der Waals surface area contributed by atoms with Gasteiger partial charge < -0.3 is 5.32 Å². The number of carbonyl (C=O) groups excluding carboxylic acids is 1. The number of hydrogen-bond donors (Lipinski definition) is 1. The molecule has 1 aliphatic carbocycles. The van der Waals surface area contributed by atoms with Crippen molar-refractivity contribution in [3.63, 3.8) is 0 Å². The standard InChI is InChI=1S/C15H19Br2NO/c1-11-12(5-4-6-13(11)17)14(19)18-10-15(9-16)7-2-3-8-15/h4-6H,2-3,7-10H2,1H3,(H,18,19). The van der Waals surface area contributed by atoms with Crippen molar-refractivity contribution < 1.29 is 4.79 Å². The zero-order valence-electron chi connectivity index (χ0n) is 11.1. The average Bonchev–Trinajstić information content (AvgIpc) is 2.89. The van der Waals surface area contributed by atoms with Crippen molar-refractivity contribution in [3.05, 3.63) is 33.8 Å². The maximum absolute atomic E-state index is 12.3. The van der Waals surface area contributed by atoms with Crippen LogP contribution in [0.2, 0.25) is 0 Å². The summed E-state index contributed by atoms with van der Waals surface area (Å²) in [5.41, 5.74) is 2.02. The van der Waals surface area contributed by atoms with Crippen LogP contribution < -0.4 is 5.32 Å². The topological polar surface area (TPSA) is 29.1 Å². The summed E-state index contributed by atoms with van der Waals surface area (Å²) in [5, 5.41) is 4.08. The van der Waals surface area contributed by atoms with Crippen molar-refractivity contribution in [2.45, 2.75) is 32.6 Å². The molecule has 0 aromatic heterocycles. The number of carbonyl (C=O) groups is 1. The van der Waals surface area contributed by atoms with Gasteiger partial charge in [-0.1, -0.05) is 50.8 Å². The van der Waals surface area contributed by atoms with Crippen molar-refractivity contribution in [1.29, 1.82) is 0 Å². The third-order valence-corrected chi connectivity index (χ3v) is 6.13. The average molecular weight is 389 g/mol. The van der Waals surface area contributed by atoms with Crippen LogP contribution in [0.3, 0.4) is 0 Å². The Morgan fingerprint density at radius 2 is 2.05 bits per heavy atom.